The van der Waals surface area contributed by atoms with E-state index in [1.807, 2.05) is 30.3 Å². The summed E-state index contributed by atoms with van der Waals surface area (Å²) in [6, 6.07) is 5.56. The van der Waals surface area contributed by atoms with Crippen molar-refractivity contribution in [1.82, 2.24) is 20.9 Å². The summed E-state index contributed by atoms with van der Waals surface area (Å²) in [6.07, 6.45) is 0.607. The van der Waals surface area contributed by atoms with Crippen molar-refractivity contribution < 1.29 is 33.9 Å². The molecule has 1 aliphatic rings. The molecule has 1 fully saturated rings. The number of hydrogen-bond donors (Lipinski definition) is 4. The number of ketones is 1. The van der Waals surface area contributed by atoms with E-state index in [9.17, 15) is 28.8 Å². The minimum absolute atomic E-state index is 0.265. The van der Waals surface area contributed by atoms with Gasteiger partial charge in [-0.3, -0.25) is 28.8 Å². The maximum absolute atomic E-state index is 13.1. The Morgan fingerprint density at radius 3 is 2.30 bits per heavy atom. The van der Waals surface area contributed by atoms with Crippen LogP contribution in [0.2, 0.25) is 0 Å². The second-order valence-electron chi connectivity index (χ2n) is 8.95. The fraction of sp³-hybridized carbons (Fsp3) is 0.520. The van der Waals surface area contributed by atoms with Crippen LogP contribution in [0.5, 0.6) is 0 Å². The lowest BCUT2D eigenvalue weighted by Crippen LogP contribution is -2.56. The van der Waals surface area contributed by atoms with Gasteiger partial charge in [-0.2, -0.15) is 0 Å². The molecule has 0 bridgehead atoms. The standard InChI is InChI=1S/C25H33ClN4O7/c1-15(27-21(32)10-11-22(33)34)23(35)28-16(2)25(37)30-12-6-9-19(30)24(36)29-18(20(31)14-26)13-17-7-4-3-5-8-17/h3-5,7-8,15-16,18-19H,6,9-14H2,1-2H3,(H,27,32)(H,28,35)(H,29,36)(H,33,34). The van der Waals surface area contributed by atoms with Crippen molar-refractivity contribution in [2.24, 2.45) is 0 Å². The predicted molar refractivity (Wildman–Crippen MR) is 135 cm³/mol. The third kappa shape index (κ3) is 9.16. The highest BCUT2D eigenvalue weighted by Crippen LogP contribution is 2.19. The zero-order chi connectivity index (χ0) is 27.5. The molecular weight excluding hydrogens is 504 g/mol. The average Bonchev–Trinajstić information content (AvgIpc) is 3.36. The van der Waals surface area contributed by atoms with Crippen LogP contribution < -0.4 is 16.0 Å². The van der Waals surface area contributed by atoms with Crippen molar-refractivity contribution in [1.29, 1.82) is 0 Å². The molecule has 0 radical (unpaired) electrons. The molecule has 12 heteroatoms. The Morgan fingerprint density at radius 2 is 1.68 bits per heavy atom. The fourth-order valence-electron chi connectivity index (χ4n) is 4.01. The molecule has 4 atom stereocenters. The van der Waals surface area contributed by atoms with Crippen molar-refractivity contribution in [3.63, 3.8) is 0 Å². The monoisotopic (exact) mass is 536 g/mol. The lowest BCUT2D eigenvalue weighted by atomic mass is 10.0. The zero-order valence-electron chi connectivity index (χ0n) is 20.9. The molecule has 11 nitrogen and oxygen atoms in total. The number of benzene rings is 1. The van der Waals surface area contributed by atoms with Gasteiger partial charge in [-0.1, -0.05) is 30.3 Å². The third-order valence-corrected chi connectivity index (χ3v) is 6.29. The van der Waals surface area contributed by atoms with Crippen molar-refractivity contribution >= 4 is 47.0 Å². The van der Waals surface area contributed by atoms with Gasteiger partial charge in [0.05, 0.1) is 18.3 Å². The van der Waals surface area contributed by atoms with E-state index in [1.165, 1.54) is 18.7 Å². The third-order valence-electron chi connectivity index (χ3n) is 6.02. The Morgan fingerprint density at radius 1 is 1.00 bits per heavy atom. The topological polar surface area (TPSA) is 162 Å². The largest absolute Gasteiger partial charge is 0.481 e. The molecule has 1 aromatic rings. The SMILES string of the molecule is CC(NC(=O)CCC(=O)O)C(=O)NC(C)C(=O)N1CCCC1C(=O)NC(Cc1ccccc1)C(=O)CCl. The molecule has 4 unspecified atom stereocenters. The first-order chi connectivity index (χ1) is 17.5. The number of aliphatic carboxylic acids is 1. The zero-order valence-corrected chi connectivity index (χ0v) is 21.6. The molecule has 0 aliphatic carbocycles. The van der Waals surface area contributed by atoms with E-state index < -0.39 is 53.8 Å². The van der Waals surface area contributed by atoms with Gasteiger partial charge in [-0.15, -0.1) is 11.6 Å². The molecular formula is C25H33ClN4O7. The van der Waals surface area contributed by atoms with Crippen molar-refractivity contribution in [2.75, 3.05) is 12.4 Å². The number of carboxylic acid groups (broad SMARTS) is 1. The Bertz CT molecular complexity index is 1000. The minimum atomic E-state index is -1.13. The lowest BCUT2D eigenvalue weighted by molar-refractivity contribution is -0.142. The summed E-state index contributed by atoms with van der Waals surface area (Å²) in [5, 5.41) is 16.3. The van der Waals surface area contributed by atoms with E-state index in [2.05, 4.69) is 16.0 Å². The summed E-state index contributed by atoms with van der Waals surface area (Å²) >= 11 is 5.76. The number of halogens is 1. The van der Waals surface area contributed by atoms with Crippen LogP contribution in [0.15, 0.2) is 30.3 Å². The van der Waals surface area contributed by atoms with Crippen molar-refractivity contribution in [2.45, 2.75) is 70.1 Å². The molecule has 1 heterocycles. The van der Waals surface area contributed by atoms with E-state index in [1.54, 1.807) is 0 Å². The number of Topliss-reactive ketones (excluding diaryl/α,β-unsaturated/α-hetero) is 1. The van der Waals surface area contributed by atoms with Crippen LogP contribution in [0.25, 0.3) is 0 Å². The summed E-state index contributed by atoms with van der Waals surface area (Å²) < 4.78 is 0. The number of hydrogen-bond acceptors (Lipinski definition) is 6. The van der Waals surface area contributed by atoms with Crippen molar-refractivity contribution in [3.8, 4) is 0 Å². The van der Waals surface area contributed by atoms with E-state index in [4.69, 9.17) is 16.7 Å². The van der Waals surface area contributed by atoms with Gasteiger partial charge >= 0.3 is 5.97 Å². The lowest BCUT2D eigenvalue weighted by Gasteiger charge is -2.29. The molecule has 0 saturated carbocycles. The number of likely N-dealkylation sites (tertiary alicyclic amines) is 1. The molecule has 202 valence electrons. The van der Waals surface area contributed by atoms with Crippen LogP contribution in [0.1, 0.15) is 45.1 Å². The number of alkyl halides is 1. The van der Waals surface area contributed by atoms with Gasteiger partial charge in [-0.05, 0) is 38.7 Å². The average molecular weight is 537 g/mol. The number of rotatable bonds is 13. The first kappa shape index (κ1) is 29.8. The Hall–Kier alpha value is -3.47. The number of nitrogens with zero attached hydrogens (tertiary/aromatic N) is 1. The molecule has 4 amide bonds. The van der Waals surface area contributed by atoms with Crippen molar-refractivity contribution in [3.05, 3.63) is 35.9 Å². The Labute approximate surface area is 220 Å². The van der Waals surface area contributed by atoms with Gasteiger partial charge in [0.2, 0.25) is 23.6 Å². The fourth-order valence-corrected chi connectivity index (χ4v) is 4.19. The van der Waals surface area contributed by atoms with E-state index in [-0.39, 0.29) is 30.9 Å². The quantitative estimate of drug-likeness (QED) is 0.265. The number of carbonyl (C=O) groups excluding carboxylic acids is 5. The number of carbonyl (C=O) groups is 6. The van der Waals surface area contributed by atoms with Gasteiger partial charge in [0.25, 0.3) is 0 Å². The summed E-state index contributed by atoms with van der Waals surface area (Å²) in [7, 11) is 0. The van der Waals surface area contributed by atoms with Gasteiger partial charge < -0.3 is 26.0 Å². The summed E-state index contributed by atoms with van der Waals surface area (Å²) in [5.74, 6) is -3.90. The first-order valence-electron chi connectivity index (χ1n) is 12.1. The molecule has 4 N–H and O–H groups in total. The minimum Gasteiger partial charge on any atom is -0.481 e. The van der Waals surface area contributed by atoms with Gasteiger partial charge in [0.1, 0.15) is 18.1 Å². The predicted octanol–water partition coefficient (Wildman–Crippen LogP) is 0.387. The number of amides is 4. The highest BCUT2D eigenvalue weighted by Gasteiger charge is 2.38. The van der Waals surface area contributed by atoms with Gasteiger partial charge in [-0.25, -0.2) is 0 Å². The first-order valence-corrected chi connectivity index (χ1v) is 12.6. The maximum Gasteiger partial charge on any atom is 0.303 e. The Kier molecular flexibility index (Phi) is 11.5. The van der Waals surface area contributed by atoms with E-state index in [0.717, 1.165) is 5.56 Å². The number of carboxylic acids is 1. The van der Waals surface area contributed by atoms with E-state index >= 15 is 0 Å². The van der Waals surface area contributed by atoms with Crippen LogP contribution in [0.3, 0.4) is 0 Å². The van der Waals surface area contributed by atoms with Crippen LogP contribution in [0, 0.1) is 0 Å². The smallest absolute Gasteiger partial charge is 0.303 e. The summed E-state index contributed by atoms with van der Waals surface area (Å²) in [6.45, 7) is 3.20. The van der Waals surface area contributed by atoms with Crippen LogP contribution in [-0.2, 0) is 35.2 Å². The van der Waals surface area contributed by atoms with Gasteiger partial charge in [0.15, 0.2) is 5.78 Å². The van der Waals surface area contributed by atoms with Gasteiger partial charge in [0, 0.05) is 13.0 Å². The normalized spacial score (nSPS) is 17.3. The van der Waals surface area contributed by atoms with Crippen LogP contribution in [-0.4, -0.2) is 82.0 Å². The van der Waals surface area contributed by atoms with E-state index in [0.29, 0.717) is 19.4 Å². The second kappa shape index (κ2) is 14.3. The van der Waals surface area contributed by atoms with Crippen LogP contribution >= 0.6 is 11.6 Å². The molecule has 0 spiro atoms. The maximum atomic E-state index is 13.1. The molecule has 0 aromatic heterocycles. The summed E-state index contributed by atoms with van der Waals surface area (Å²) in [4.78, 5) is 74.7. The molecule has 2 rings (SSSR count). The summed E-state index contributed by atoms with van der Waals surface area (Å²) in [5.41, 5.74) is 0.853. The highest BCUT2D eigenvalue weighted by molar-refractivity contribution is 6.28. The highest BCUT2D eigenvalue weighted by atomic mass is 35.5. The Balaban J connectivity index is 1.97. The number of nitrogens with one attached hydrogen (secondary N) is 3. The molecule has 37 heavy (non-hydrogen) atoms. The molecule has 1 aromatic carbocycles. The molecule has 1 saturated heterocycles. The van der Waals surface area contributed by atoms with Crippen LogP contribution in [0.4, 0.5) is 0 Å². The second-order valence-corrected chi connectivity index (χ2v) is 9.22. The molecule has 1 aliphatic heterocycles.